The van der Waals surface area contributed by atoms with Crippen LogP contribution in [0.25, 0.3) is 0 Å². The van der Waals surface area contributed by atoms with Gasteiger partial charge >= 0.3 is 0 Å². The maximum Gasteiger partial charge on any atom is 0.231 e. The first-order chi connectivity index (χ1) is 16.6. The second kappa shape index (κ2) is 10.3. The summed E-state index contributed by atoms with van der Waals surface area (Å²) in [5.74, 6) is 0.863. The van der Waals surface area contributed by atoms with Gasteiger partial charge in [-0.25, -0.2) is 0 Å². The van der Waals surface area contributed by atoms with Crippen molar-refractivity contribution < 1.29 is 14.3 Å². The van der Waals surface area contributed by atoms with Gasteiger partial charge in [0.25, 0.3) is 0 Å². The summed E-state index contributed by atoms with van der Waals surface area (Å²) in [5.41, 5.74) is 2.96. The van der Waals surface area contributed by atoms with Gasteiger partial charge in [0.2, 0.25) is 11.8 Å². The number of amides is 2. The number of likely N-dealkylation sites (tertiary alicyclic amines) is 1. The van der Waals surface area contributed by atoms with Crippen LogP contribution in [0.4, 0.5) is 5.69 Å². The van der Waals surface area contributed by atoms with Gasteiger partial charge in [0.05, 0.1) is 18.1 Å². The Hall–Kier alpha value is -2.66. The maximum atomic E-state index is 13.0. The van der Waals surface area contributed by atoms with Crippen molar-refractivity contribution in [1.29, 1.82) is 0 Å². The second-order valence-electron chi connectivity index (χ2n) is 10.2. The third-order valence-electron chi connectivity index (χ3n) is 7.99. The Labute approximate surface area is 202 Å². The molecule has 1 saturated carbocycles. The highest BCUT2D eigenvalue weighted by atomic mass is 16.5. The third kappa shape index (κ3) is 4.90. The molecule has 4 unspecified atom stereocenters. The zero-order valence-corrected chi connectivity index (χ0v) is 20.1. The number of nitrogens with one attached hydrogen (secondary N) is 1. The molecule has 2 aromatic rings. The van der Waals surface area contributed by atoms with Gasteiger partial charge in [0.15, 0.2) is 0 Å². The Bertz CT molecular complexity index is 1000. The van der Waals surface area contributed by atoms with E-state index in [-0.39, 0.29) is 30.0 Å². The average Bonchev–Trinajstić information content (AvgIpc) is 3.55. The molecular formula is C29H36N2O3. The van der Waals surface area contributed by atoms with E-state index in [0.717, 1.165) is 62.0 Å². The minimum atomic E-state index is -0.168. The molecular weight excluding hydrogens is 424 g/mol. The molecule has 2 saturated heterocycles. The van der Waals surface area contributed by atoms with E-state index in [1.54, 1.807) is 0 Å². The summed E-state index contributed by atoms with van der Waals surface area (Å²) >= 11 is 0. The van der Waals surface area contributed by atoms with E-state index >= 15 is 0 Å². The lowest BCUT2D eigenvalue weighted by molar-refractivity contribution is -0.138. The molecule has 0 aromatic heterocycles. The molecule has 0 spiro atoms. The van der Waals surface area contributed by atoms with Crippen LogP contribution in [0.3, 0.4) is 0 Å². The standard InChI is InChI=1S/C29H36N2O3/c1-2-25(20-9-4-3-5-10-20)28(32)30-24-14-8-13-22(17-24)27-18-23-19-31(16-15-26(23)34-27)29(33)21-11-6-7-12-21/h3-5,8-10,13-14,17,21,23,25-27H,2,6-7,11-12,15-16,18-19H2,1H3,(H,30,32). The van der Waals surface area contributed by atoms with Crippen molar-refractivity contribution in [3.63, 3.8) is 0 Å². The van der Waals surface area contributed by atoms with Gasteiger partial charge in [0.1, 0.15) is 0 Å². The largest absolute Gasteiger partial charge is 0.370 e. The van der Waals surface area contributed by atoms with Gasteiger partial charge < -0.3 is 15.0 Å². The van der Waals surface area contributed by atoms with E-state index in [1.165, 1.54) is 12.8 Å². The van der Waals surface area contributed by atoms with Crippen LogP contribution in [-0.4, -0.2) is 35.9 Å². The van der Waals surface area contributed by atoms with E-state index in [2.05, 4.69) is 22.3 Å². The number of hydrogen-bond acceptors (Lipinski definition) is 3. The zero-order valence-electron chi connectivity index (χ0n) is 20.1. The normalized spacial score (nSPS) is 25.7. The molecule has 2 aliphatic heterocycles. The smallest absolute Gasteiger partial charge is 0.231 e. The number of ether oxygens (including phenoxy) is 1. The van der Waals surface area contributed by atoms with Crippen molar-refractivity contribution >= 4 is 17.5 Å². The van der Waals surface area contributed by atoms with Crippen molar-refractivity contribution in [2.24, 2.45) is 11.8 Å². The van der Waals surface area contributed by atoms with Crippen molar-refractivity contribution in [3.05, 3.63) is 65.7 Å². The fourth-order valence-electron chi connectivity index (χ4n) is 6.11. The lowest BCUT2D eigenvalue weighted by Crippen LogP contribution is -2.46. The summed E-state index contributed by atoms with van der Waals surface area (Å²) in [6, 6.07) is 18.0. The van der Waals surface area contributed by atoms with Gasteiger partial charge in [-0.3, -0.25) is 9.59 Å². The van der Waals surface area contributed by atoms with E-state index in [1.807, 2.05) is 49.4 Å². The summed E-state index contributed by atoms with van der Waals surface area (Å²) < 4.78 is 6.45. The minimum Gasteiger partial charge on any atom is -0.370 e. The summed E-state index contributed by atoms with van der Waals surface area (Å²) in [6.07, 6.45) is 7.35. The topological polar surface area (TPSA) is 58.6 Å². The van der Waals surface area contributed by atoms with Gasteiger partial charge in [-0.05, 0) is 55.4 Å². The maximum absolute atomic E-state index is 13.0. The highest BCUT2D eigenvalue weighted by Crippen LogP contribution is 2.42. The molecule has 2 aromatic carbocycles. The summed E-state index contributed by atoms with van der Waals surface area (Å²) in [5, 5.41) is 3.12. The van der Waals surface area contributed by atoms with Crippen LogP contribution in [0.2, 0.25) is 0 Å². The molecule has 5 rings (SSSR count). The fraction of sp³-hybridized carbons (Fsp3) is 0.517. The van der Waals surface area contributed by atoms with Crippen molar-refractivity contribution in [3.8, 4) is 0 Å². The first-order valence-electron chi connectivity index (χ1n) is 13.0. The number of piperidine rings is 1. The monoisotopic (exact) mass is 460 g/mol. The molecule has 180 valence electrons. The van der Waals surface area contributed by atoms with Crippen molar-refractivity contribution in [2.45, 2.75) is 70.0 Å². The first-order valence-corrected chi connectivity index (χ1v) is 13.0. The van der Waals surface area contributed by atoms with Gasteiger partial charge in [-0.1, -0.05) is 62.2 Å². The molecule has 1 aliphatic carbocycles. The number of rotatable bonds is 6. The quantitative estimate of drug-likeness (QED) is 0.603. The molecule has 3 aliphatic rings. The summed E-state index contributed by atoms with van der Waals surface area (Å²) in [6.45, 7) is 3.68. The summed E-state index contributed by atoms with van der Waals surface area (Å²) in [7, 11) is 0. The molecule has 2 heterocycles. The number of fused-ring (bicyclic) bond motifs is 1. The van der Waals surface area contributed by atoms with E-state index < -0.39 is 0 Å². The van der Waals surface area contributed by atoms with E-state index in [0.29, 0.717) is 11.8 Å². The molecule has 5 nitrogen and oxygen atoms in total. The molecule has 4 atom stereocenters. The average molecular weight is 461 g/mol. The number of benzene rings is 2. The number of nitrogens with zero attached hydrogens (tertiary/aromatic N) is 1. The van der Waals surface area contributed by atoms with Crippen molar-refractivity contribution in [1.82, 2.24) is 4.90 Å². The second-order valence-corrected chi connectivity index (χ2v) is 10.2. The third-order valence-corrected chi connectivity index (χ3v) is 7.99. The van der Waals surface area contributed by atoms with Gasteiger partial charge in [0, 0.05) is 30.6 Å². The van der Waals surface area contributed by atoms with Crippen LogP contribution in [0.1, 0.15) is 75.0 Å². The Morgan fingerprint density at radius 1 is 1.06 bits per heavy atom. The number of carbonyl (C=O) groups is 2. The predicted molar refractivity (Wildman–Crippen MR) is 133 cm³/mol. The highest BCUT2D eigenvalue weighted by Gasteiger charge is 2.41. The van der Waals surface area contributed by atoms with Crippen LogP contribution in [-0.2, 0) is 14.3 Å². The Morgan fingerprint density at radius 2 is 1.85 bits per heavy atom. The predicted octanol–water partition coefficient (Wildman–Crippen LogP) is 5.69. The SMILES string of the molecule is CCC(C(=O)Nc1cccc(C2CC3CN(C(=O)C4CCCC4)CCC3O2)c1)c1ccccc1. The van der Waals surface area contributed by atoms with Crippen LogP contribution in [0.5, 0.6) is 0 Å². The Morgan fingerprint density at radius 3 is 2.62 bits per heavy atom. The first kappa shape index (κ1) is 23.1. The molecule has 1 N–H and O–H groups in total. The lowest BCUT2D eigenvalue weighted by atomic mass is 9.90. The lowest BCUT2D eigenvalue weighted by Gasteiger charge is -2.35. The van der Waals surface area contributed by atoms with Crippen molar-refractivity contribution in [2.75, 3.05) is 18.4 Å². The van der Waals surface area contributed by atoms with E-state index in [4.69, 9.17) is 4.74 Å². The van der Waals surface area contributed by atoms with Crippen LogP contribution >= 0.6 is 0 Å². The van der Waals surface area contributed by atoms with Gasteiger partial charge in [-0.15, -0.1) is 0 Å². The minimum absolute atomic E-state index is 0.0180. The van der Waals surface area contributed by atoms with Gasteiger partial charge in [-0.2, -0.15) is 0 Å². The molecule has 3 fully saturated rings. The molecule has 0 radical (unpaired) electrons. The Balaban J connectivity index is 1.22. The van der Waals surface area contributed by atoms with Crippen LogP contribution in [0.15, 0.2) is 54.6 Å². The number of carbonyl (C=O) groups excluding carboxylic acids is 2. The number of hydrogen-bond donors (Lipinski definition) is 1. The molecule has 0 bridgehead atoms. The van der Waals surface area contributed by atoms with Crippen LogP contribution < -0.4 is 5.32 Å². The molecule has 5 heteroatoms. The fourth-order valence-corrected chi connectivity index (χ4v) is 6.11. The number of anilines is 1. The Kier molecular flexibility index (Phi) is 7.00. The highest BCUT2D eigenvalue weighted by molar-refractivity contribution is 5.95. The summed E-state index contributed by atoms with van der Waals surface area (Å²) in [4.78, 5) is 28.0. The molecule has 34 heavy (non-hydrogen) atoms. The molecule has 2 amide bonds. The van der Waals surface area contributed by atoms with E-state index in [9.17, 15) is 9.59 Å². The van der Waals surface area contributed by atoms with Crippen LogP contribution in [0, 0.1) is 11.8 Å². The zero-order chi connectivity index (χ0) is 23.5.